The topological polar surface area (TPSA) is 87.7 Å². The number of hydrogen-bond donors (Lipinski definition) is 4. The van der Waals surface area contributed by atoms with E-state index in [-0.39, 0.29) is 29.6 Å². The smallest absolute Gasteiger partial charge is 0.116 e. The van der Waals surface area contributed by atoms with Gasteiger partial charge in [0.25, 0.3) is 0 Å². The number of fused-ring (bicyclic) bond motifs is 5. The number of aromatic hydroxyl groups is 1. The number of phenolic OH excluding ortho intramolecular Hbond substituents is 1. The summed E-state index contributed by atoms with van der Waals surface area (Å²) in [7, 11) is 1.97. The Balaban J connectivity index is 1.65. The fourth-order valence-corrected chi connectivity index (χ4v) is 9.42. The lowest BCUT2D eigenvalue weighted by Gasteiger charge is -2.68. The van der Waals surface area contributed by atoms with Crippen molar-refractivity contribution in [1.29, 1.82) is 0 Å². The standard InChI is InChI=1S/C34H52N2O3/c1-22(2)9-10-23-15-24-17-27(16-23)34-12-11-30(32(3,4)39-34)33(35,13-14-37)31(34)8-6-7-25-19-28(38)20-26(21-36-5)29(25)18-24/h19-20,22-24,27,30-31,36-38H,7,9-18,21,35H2,1-5H3/t23-,24-,27+,30-,31+,33-,34-/m0/s1. The SMILES string of the molecule is CNCc1cc(O)cc2c1C[C@H]1C[C@H](CCC(C)C)C[C@H](C1)[C@]13CC[C@@H](C(C)(C)O1)[C@@](N)(CCO)[C@H]3C#CC2. The van der Waals surface area contributed by atoms with Crippen LogP contribution in [0.25, 0.3) is 0 Å². The molecule has 2 saturated heterocycles. The molecule has 6 rings (SSSR count). The van der Waals surface area contributed by atoms with Crippen LogP contribution in [0.2, 0.25) is 0 Å². The minimum absolute atomic E-state index is 0.0751. The van der Waals surface area contributed by atoms with Crippen molar-refractivity contribution in [2.45, 2.75) is 115 Å². The molecule has 5 heteroatoms. The summed E-state index contributed by atoms with van der Waals surface area (Å²) in [5.41, 5.74) is 9.84. The first-order valence-electron chi connectivity index (χ1n) is 15.6. The summed E-state index contributed by atoms with van der Waals surface area (Å²) < 4.78 is 7.28. The van der Waals surface area contributed by atoms with Gasteiger partial charge in [-0.25, -0.2) is 0 Å². The average molecular weight is 537 g/mol. The predicted octanol–water partition coefficient (Wildman–Crippen LogP) is 5.34. The average Bonchev–Trinajstić information content (AvgIpc) is 2.87. The van der Waals surface area contributed by atoms with Crippen LogP contribution in [0, 0.1) is 47.3 Å². The van der Waals surface area contributed by atoms with Crippen molar-refractivity contribution >= 4 is 0 Å². The van der Waals surface area contributed by atoms with Gasteiger partial charge < -0.3 is 26.0 Å². The van der Waals surface area contributed by atoms with Crippen LogP contribution >= 0.6 is 0 Å². The Hall–Kier alpha value is -1.58. The zero-order chi connectivity index (χ0) is 28.0. The van der Waals surface area contributed by atoms with Crippen LogP contribution in [0.3, 0.4) is 0 Å². The minimum Gasteiger partial charge on any atom is -0.508 e. The first-order valence-corrected chi connectivity index (χ1v) is 15.6. The summed E-state index contributed by atoms with van der Waals surface area (Å²) in [6, 6.07) is 3.88. The molecule has 0 amide bonds. The Kier molecular flexibility index (Phi) is 8.17. The van der Waals surface area contributed by atoms with E-state index < -0.39 is 5.54 Å². The van der Waals surface area contributed by atoms with Crippen LogP contribution in [0.15, 0.2) is 12.1 Å². The molecule has 216 valence electrons. The number of nitrogens with two attached hydrogens (primary N) is 1. The fourth-order valence-electron chi connectivity index (χ4n) is 9.42. The van der Waals surface area contributed by atoms with E-state index >= 15 is 0 Å². The number of phenols is 1. The van der Waals surface area contributed by atoms with Crippen molar-refractivity contribution in [3.05, 3.63) is 28.8 Å². The maximum Gasteiger partial charge on any atom is 0.116 e. The van der Waals surface area contributed by atoms with Gasteiger partial charge in [-0.05, 0) is 118 Å². The van der Waals surface area contributed by atoms with Crippen LogP contribution in [0.4, 0.5) is 0 Å². The molecular weight excluding hydrogens is 484 g/mol. The lowest BCUT2D eigenvalue weighted by molar-refractivity contribution is -0.307. The zero-order valence-electron chi connectivity index (χ0n) is 25.0. The lowest BCUT2D eigenvalue weighted by Crippen LogP contribution is -2.77. The van der Waals surface area contributed by atoms with E-state index in [2.05, 4.69) is 44.9 Å². The number of ether oxygens (including phenoxy) is 1. The largest absolute Gasteiger partial charge is 0.508 e. The molecule has 1 aromatic carbocycles. The highest BCUT2D eigenvalue weighted by molar-refractivity contribution is 5.44. The monoisotopic (exact) mass is 536 g/mol. The van der Waals surface area contributed by atoms with E-state index in [1.54, 1.807) is 0 Å². The number of nitrogens with one attached hydrogen (secondary N) is 1. The molecule has 1 spiro atoms. The van der Waals surface area contributed by atoms with E-state index in [1.807, 2.05) is 19.2 Å². The number of rotatable bonds is 7. The number of aliphatic hydroxyl groups is 1. The van der Waals surface area contributed by atoms with Crippen LogP contribution in [0.5, 0.6) is 5.75 Å². The first kappa shape index (κ1) is 28.9. The van der Waals surface area contributed by atoms with Crippen LogP contribution in [0.1, 0.15) is 95.8 Å². The van der Waals surface area contributed by atoms with E-state index in [0.29, 0.717) is 42.3 Å². The molecule has 0 aromatic heterocycles. The lowest BCUT2D eigenvalue weighted by atomic mass is 9.48. The van der Waals surface area contributed by atoms with Crippen molar-refractivity contribution in [1.82, 2.24) is 5.32 Å². The van der Waals surface area contributed by atoms with E-state index in [9.17, 15) is 10.2 Å². The quantitative estimate of drug-likeness (QED) is 0.354. The van der Waals surface area contributed by atoms with Gasteiger partial charge in [-0.15, -0.1) is 0 Å². The molecule has 4 fully saturated rings. The van der Waals surface area contributed by atoms with Crippen LogP contribution in [-0.4, -0.2) is 40.6 Å². The first-order chi connectivity index (χ1) is 18.5. The summed E-state index contributed by atoms with van der Waals surface area (Å²) in [4.78, 5) is 0. The normalized spacial score (nSPS) is 36.9. The third kappa shape index (κ3) is 5.28. The Morgan fingerprint density at radius 3 is 2.69 bits per heavy atom. The Labute approximate surface area is 236 Å². The second-order valence-electron chi connectivity index (χ2n) is 14.4. The predicted molar refractivity (Wildman–Crippen MR) is 157 cm³/mol. The molecule has 0 unspecified atom stereocenters. The molecule has 4 bridgehead atoms. The molecule has 3 aliphatic carbocycles. The summed E-state index contributed by atoms with van der Waals surface area (Å²) in [5, 5.41) is 24.2. The zero-order valence-corrected chi connectivity index (χ0v) is 25.0. The highest BCUT2D eigenvalue weighted by Crippen LogP contribution is 2.62. The van der Waals surface area contributed by atoms with Crippen LogP contribution in [-0.2, 0) is 24.1 Å². The highest BCUT2D eigenvalue weighted by atomic mass is 16.5. The van der Waals surface area contributed by atoms with Gasteiger partial charge in [-0.2, -0.15) is 0 Å². The second-order valence-corrected chi connectivity index (χ2v) is 14.4. The number of benzene rings is 1. The molecule has 2 saturated carbocycles. The molecule has 2 aliphatic heterocycles. The molecule has 0 radical (unpaired) electrons. The van der Waals surface area contributed by atoms with Crippen molar-refractivity contribution in [2.24, 2.45) is 41.2 Å². The van der Waals surface area contributed by atoms with Gasteiger partial charge in [-0.1, -0.05) is 38.5 Å². The molecule has 7 atom stereocenters. The van der Waals surface area contributed by atoms with Gasteiger partial charge in [0.15, 0.2) is 0 Å². The molecule has 1 aromatic rings. The van der Waals surface area contributed by atoms with Gasteiger partial charge in [0, 0.05) is 31.0 Å². The Morgan fingerprint density at radius 1 is 1.21 bits per heavy atom. The summed E-state index contributed by atoms with van der Waals surface area (Å²) >= 11 is 0. The maximum absolute atomic E-state index is 10.6. The molecule has 5 aliphatic rings. The van der Waals surface area contributed by atoms with Gasteiger partial charge in [0.2, 0.25) is 0 Å². The Bertz CT molecular complexity index is 1100. The van der Waals surface area contributed by atoms with Gasteiger partial charge in [0.1, 0.15) is 5.75 Å². The van der Waals surface area contributed by atoms with Crippen molar-refractivity contribution in [3.8, 4) is 17.6 Å². The minimum atomic E-state index is -0.574. The maximum atomic E-state index is 10.6. The summed E-state index contributed by atoms with van der Waals surface area (Å²) in [6.07, 6.45) is 10.3. The van der Waals surface area contributed by atoms with Gasteiger partial charge in [0.05, 0.1) is 17.1 Å². The van der Waals surface area contributed by atoms with Gasteiger partial charge in [-0.3, -0.25) is 0 Å². The summed E-state index contributed by atoms with van der Waals surface area (Å²) in [6.45, 7) is 9.94. The molecule has 5 N–H and O–H groups in total. The summed E-state index contributed by atoms with van der Waals surface area (Å²) in [5.74, 6) is 10.0. The van der Waals surface area contributed by atoms with Crippen molar-refractivity contribution in [2.75, 3.05) is 13.7 Å². The highest BCUT2D eigenvalue weighted by Gasteiger charge is 2.68. The molecule has 2 heterocycles. The van der Waals surface area contributed by atoms with E-state index in [4.69, 9.17) is 10.5 Å². The molecule has 5 nitrogen and oxygen atoms in total. The molecular formula is C34H52N2O3. The Morgan fingerprint density at radius 2 is 2.00 bits per heavy atom. The number of hydrogen-bond acceptors (Lipinski definition) is 5. The van der Waals surface area contributed by atoms with Crippen molar-refractivity contribution in [3.63, 3.8) is 0 Å². The number of aliphatic hydroxyl groups excluding tert-OH is 1. The molecule has 39 heavy (non-hydrogen) atoms. The van der Waals surface area contributed by atoms with E-state index in [1.165, 1.54) is 36.8 Å². The second kappa shape index (κ2) is 11.0. The van der Waals surface area contributed by atoms with Crippen molar-refractivity contribution < 1.29 is 14.9 Å². The van der Waals surface area contributed by atoms with Crippen LogP contribution < -0.4 is 11.1 Å². The van der Waals surface area contributed by atoms with E-state index in [0.717, 1.165) is 37.8 Å². The fraction of sp³-hybridized carbons (Fsp3) is 0.765. The third-order valence-corrected chi connectivity index (χ3v) is 10.9. The van der Waals surface area contributed by atoms with Gasteiger partial charge >= 0.3 is 0 Å². The third-order valence-electron chi connectivity index (χ3n) is 10.9.